The van der Waals surface area contributed by atoms with Gasteiger partial charge in [0.05, 0.1) is 0 Å². The average molecular weight is 274 g/mol. The molecule has 1 N–H and O–H groups in total. The minimum Gasteiger partial charge on any atom is -0.488 e. The zero-order valence-corrected chi connectivity index (χ0v) is 13.1. The number of para-hydroxylation sites is 1. The number of hydrogen-bond acceptors (Lipinski definition) is 3. The normalized spacial score (nSPS) is 27.9. The second-order valence-corrected chi connectivity index (χ2v) is 7.48. The Labute approximate surface area is 122 Å². The van der Waals surface area contributed by atoms with Gasteiger partial charge in [-0.2, -0.15) is 0 Å². The Morgan fingerprint density at radius 1 is 1.25 bits per heavy atom. The molecular formula is C17H26N2O. The standard InChI is InChI=1S/C17H26N2O/c1-16(2)12-19(17(3,4)11-18-16)10-14-9-13-7-5-6-8-15(13)20-14/h5-8,14,18H,9-12H2,1-4H3. The fourth-order valence-electron chi connectivity index (χ4n) is 3.23. The highest BCUT2D eigenvalue weighted by Crippen LogP contribution is 2.31. The Bertz CT molecular complexity index is 471. The van der Waals surface area contributed by atoms with Gasteiger partial charge in [-0.15, -0.1) is 0 Å². The molecule has 0 amide bonds. The van der Waals surface area contributed by atoms with Crippen LogP contribution in [0.4, 0.5) is 0 Å². The second-order valence-electron chi connectivity index (χ2n) is 7.48. The number of rotatable bonds is 2. The molecule has 0 saturated carbocycles. The summed E-state index contributed by atoms with van der Waals surface area (Å²) < 4.78 is 6.11. The van der Waals surface area contributed by atoms with Crippen molar-refractivity contribution < 1.29 is 4.74 Å². The molecule has 2 aliphatic rings. The Kier molecular flexibility index (Phi) is 3.30. The van der Waals surface area contributed by atoms with Gasteiger partial charge in [-0.1, -0.05) is 18.2 Å². The van der Waals surface area contributed by atoms with Crippen LogP contribution in [0.25, 0.3) is 0 Å². The molecule has 1 fully saturated rings. The van der Waals surface area contributed by atoms with E-state index in [0.717, 1.165) is 31.8 Å². The molecule has 0 spiro atoms. The van der Waals surface area contributed by atoms with Crippen LogP contribution in [-0.2, 0) is 6.42 Å². The topological polar surface area (TPSA) is 24.5 Å². The number of benzene rings is 1. The third-order valence-electron chi connectivity index (χ3n) is 4.58. The summed E-state index contributed by atoms with van der Waals surface area (Å²) in [6.45, 7) is 12.3. The van der Waals surface area contributed by atoms with Crippen LogP contribution in [0, 0.1) is 0 Å². The van der Waals surface area contributed by atoms with E-state index in [1.165, 1.54) is 5.56 Å². The fraction of sp³-hybridized carbons (Fsp3) is 0.647. The Balaban J connectivity index is 1.69. The first-order valence-corrected chi connectivity index (χ1v) is 7.60. The van der Waals surface area contributed by atoms with Gasteiger partial charge in [0.25, 0.3) is 0 Å². The molecule has 3 rings (SSSR count). The molecule has 3 heteroatoms. The van der Waals surface area contributed by atoms with E-state index >= 15 is 0 Å². The Hall–Kier alpha value is -1.06. The minimum absolute atomic E-state index is 0.182. The monoisotopic (exact) mass is 274 g/mol. The van der Waals surface area contributed by atoms with E-state index < -0.39 is 0 Å². The van der Waals surface area contributed by atoms with Gasteiger partial charge in [-0.05, 0) is 39.3 Å². The highest BCUT2D eigenvalue weighted by molar-refractivity contribution is 5.37. The van der Waals surface area contributed by atoms with Crippen LogP contribution in [0.3, 0.4) is 0 Å². The van der Waals surface area contributed by atoms with E-state index in [0.29, 0.717) is 6.10 Å². The molecule has 1 aromatic carbocycles. The lowest BCUT2D eigenvalue weighted by atomic mass is 9.91. The lowest BCUT2D eigenvalue weighted by Gasteiger charge is -2.50. The Morgan fingerprint density at radius 3 is 2.75 bits per heavy atom. The molecule has 110 valence electrons. The van der Waals surface area contributed by atoms with Crippen LogP contribution in [-0.4, -0.2) is 41.7 Å². The Morgan fingerprint density at radius 2 is 2.00 bits per heavy atom. The number of hydrogen-bond donors (Lipinski definition) is 1. The van der Waals surface area contributed by atoms with E-state index in [4.69, 9.17) is 4.74 Å². The number of nitrogens with zero attached hydrogens (tertiary/aromatic N) is 1. The van der Waals surface area contributed by atoms with Gasteiger partial charge >= 0.3 is 0 Å². The lowest BCUT2D eigenvalue weighted by molar-refractivity contribution is 0.0127. The van der Waals surface area contributed by atoms with Crippen molar-refractivity contribution in [1.82, 2.24) is 10.2 Å². The number of nitrogens with one attached hydrogen (secondary N) is 1. The third-order valence-corrected chi connectivity index (χ3v) is 4.58. The van der Waals surface area contributed by atoms with Gasteiger partial charge in [-0.3, -0.25) is 4.90 Å². The summed E-state index contributed by atoms with van der Waals surface area (Å²) in [4.78, 5) is 2.58. The van der Waals surface area contributed by atoms with E-state index in [-0.39, 0.29) is 11.1 Å². The molecule has 3 nitrogen and oxygen atoms in total. The molecule has 2 heterocycles. The van der Waals surface area contributed by atoms with Crippen molar-refractivity contribution in [3.05, 3.63) is 29.8 Å². The van der Waals surface area contributed by atoms with Crippen LogP contribution in [0.15, 0.2) is 24.3 Å². The average Bonchev–Trinajstić information content (AvgIpc) is 2.76. The molecule has 0 radical (unpaired) electrons. The van der Waals surface area contributed by atoms with Crippen LogP contribution >= 0.6 is 0 Å². The molecular weight excluding hydrogens is 248 g/mol. The molecule has 0 aromatic heterocycles. The highest BCUT2D eigenvalue weighted by atomic mass is 16.5. The summed E-state index contributed by atoms with van der Waals surface area (Å²) in [7, 11) is 0. The smallest absolute Gasteiger partial charge is 0.123 e. The van der Waals surface area contributed by atoms with Crippen molar-refractivity contribution in [2.75, 3.05) is 19.6 Å². The maximum Gasteiger partial charge on any atom is 0.123 e. The van der Waals surface area contributed by atoms with Gasteiger partial charge in [0.1, 0.15) is 11.9 Å². The van der Waals surface area contributed by atoms with Gasteiger partial charge in [0, 0.05) is 37.1 Å². The van der Waals surface area contributed by atoms with Crippen LogP contribution in [0.5, 0.6) is 5.75 Å². The van der Waals surface area contributed by atoms with E-state index in [2.05, 4.69) is 62.2 Å². The molecule has 20 heavy (non-hydrogen) atoms. The maximum absolute atomic E-state index is 6.11. The van der Waals surface area contributed by atoms with Gasteiger partial charge in [0.2, 0.25) is 0 Å². The zero-order valence-electron chi connectivity index (χ0n) is 13.1. The minimum atomic E-state index is 0.182. The molecule has 0 bridgehead atoms. The largest absolute Gasteiger partial charge is 0.488 e. The summed E-state index contributed by atoms with van der Waals surface area (Å²) in [5.74, 6) is 1.07. The summed E-state index contributed by atoms with van der Waals surface area (Å²) in [5.41, 5.74) is 1.72. The predicted molar refractivity (Wildman–Crippen MR) is 82.3 cm³/mol. The number of fused-ring (bicyclic) bond motifs is 1. The summed E-state index contributed by atoms with van der Waals surface area (Å²) >= 11 is 0. The van der Waals surface area contributed by atoms with Crippen molar-refractivity contribution in [2.45, 2.75) is 51.3 Å². The first-order valence-electron chi connectivity index (χ1n) is 7.60. The van der Waals surface area contributed by atoms with Crippen molar-refractivity contribution in [1.29, 1.82) is 0 Å². The molecule has 1 atom stereocenters. The summed E-state index contributed by atoms with van der Waals surface area (Å²) in [5, 5.41) is 3.64. The quantitative estimate of drug-likeness (QED) is 0.896. The third kappa shape index (κ3) is 2.70. The van der Waals surface area contributed by atoms with E-state index in [1.54, 1.807) is 0 Å². The van der Waals surface area contributed by atoms with E-state index in [1.807, 2.05) is 0 Å². The molecule has 1 unspecified atom stereocenters. The van der Waals surface area contributed by atoms with Crippen LogP contribution < -0.4 is 10.1 Å². The molecule has 0 aliphatic carbocycles. The predicted octanol–water partition coefficient (Wildman–Crippen LogP) is 2.45. The lowest BCUT2D eigenvalue weighted by Crippen LogP contribution is -2.67. The number of piperazine rings is 1. The van der Waals surface area contributed by atoms with Crippen molar-refractivity contribution in [3.63, 3.8) is 0 Å². The molecule has 1 saturated heterocycles. The van der Waals surface area contributed by atoms with Gasteiger partial charge in [0.15, 0.2) is 0 Å². The van der Waals surface area contributed by atoms with Crippen LogP contribution in [0.1, 0.15) is 33.3 Å². The summed E-state index contributed by atoms with van der Waals surface area (Å²) in [6, 6.07) is 8.42. The highest BCUT2D eigenvalue weighted by Gasteiger charge is 2.39. The molecule has 2 aliphatic heterocycles. The fourth-order valence-corrected chi connectivity index (χ4v) is 3.23. The molecule has 1 aromatic rings. The maximum atomic E-state index is 6.11. The van der Waals surface area contributed by atoms with Gasteiger partial charge in [-0.25, -0.2) is 0 Å². The SMILES string of the molecule is CC1(C)CN(CC2Cc3ccccc3O2)C(C)(C)CN1. The first kappa shape index (κ1) is 13.9. The zero-order chi connectivity index (χ0) is 14.4. The van der Waals surface area contributed by atoms with Gasteiger partial charge < -0.3 is 10.1 Å². The summed E-state index contributed by atoms with van der Waals surface area (Å²) in [6.07, 6.45) is 1.33. The van der Waals surface area contributed by atoms with Crippen molar-refractivity contribution in [3.8, 4) is 5.75 Å². The first-order chi connectivity index (χ1) is 9.36. The number of ether oxygens (including phenoxy) is 1. The second kappa shape index (κ2) is 4.74. The van der Waals surface area contributed by atoms with Crippen molar-refractivity contribution in [2.24, 2.45) is 0 Å². The van der Waals surface area contributed by atoms with E-state index in [9.17, 15) is 0 Å². The van der Waals surface area contributed by atoms with Crippen molar-refractivity contribution >= 4 is 0 Å². The van der Waals surface area contributed by atoms with Crippen LogP contribution in [0.2, 0.25) is 0 Å².